The van der Waals surface area contributed by atoms with Crippen LogP contribution in [0.25, 0.3) is 0 Å². The predicted molar refractivity (Wildman–Crippen MR) is 77.2 cm³/mol. The molecule has 1 saturated heterocycles. The molecule has 0 unspecified atom stereocenters. The van der Waals surface area contributed by atoms with Gasteiger partial charge in [0.15, 0.2) is 0 Å². The van der Waals surface area contributed by atoms with E-state index in [-0.39, 0.29) is 6.10 Å². The summed E-state index contributed by atoms with van der Waals surface area (Å²) in [7, 11) is 0. The highest BCUT2D eigenvalue weighted by molar-refractivity contribution is 5.10. The minimum absolute atomic E-state index is 0.219. The molecule has 0 amide bonds. The van der Waals surface area contributed by atoms with Crippen molar-refractivity contribution in [2.75, 3.05) is 39.3 Å². The molecule has 1 aromatic heterocycles. The maximum atomic E-state index is 9.39. The van der Waals surface area contributed by atoms with Crippen molar-refractivity contribution in [1.29, 1.82) is 0 Å². The highest BCUT2D eigenvalue weighted by Crippen LogP contribution is 2.05. The second-order valence-electron chi connectivity index (χ2n) is 5.51. The Morgan fingerprint density at radius 1 is 1.21 bits per heavy atom. The fourth-order valence-electron chi connectivity index (χ4n) is 2.58. The van der Waals surface area contributed by atoms with E-state index in [2.05, 4.69) is 26.9 Å². The number of hydrogen-bond donors (Lipinski definition) is 1. The molecular formula is C15H25N3O. The van der Waals surface area contributed by atoms with Gasteiger partial charge < -0.3 is 10.0 Å². The SMILES string of the molecule is Cc1cccc(CCN2CCN(C[C@H](C)O)CC2)n1. The van der Waals surface area contributed by atoms with Crippen LogP contribution in [-0.4, -0.2) is 65.3 Å². The van der Waals surface area contributed by atoms with Crippen LogP contribution in [0, 0.1) is 6.92 Å². The first-order valence-electron chi connectivity index (χ1n) is 7.19. The molecule has 2 heterocycles. The molecule has 1 atom stereocenters. The Morgan fingerprint density at radius 3 is 2.53 bits per heavy atom. The monoisotopic (exact) mass is 263 g/mol. The van der Waals surface area contributed by atoms with Gasteiger partial charge >= 0.3 is 0 Å². The van der Waals surface area contributed by atoms with Gasteiger partial charge in [0.05, 0.1) is 6.10 Å². The lowest BCUT2D eigenvalue weighted by atomic mass is 10.2. The van der Waals surface area contributed by atoms with E-state index in [0.717, 1.165) is 51.4 Å². The number of piperazine rings is 1. The topological polar surface area (TPSA) is 39.6 Å². The lowest BCUT2D eigenvalue weighted by Gasteiger charge is -2.35. The first-order valence-corrected chi connectivity index (χ1v) is 7.19. The van der Waals surface area contributed by atoms with Crippen molar-refractivity contribution in [3.05, 3.63) is 29.6 Å². The van der Waals surface area contributed by atoms with E-state index in [1.807, 2.05) is 19.9 Å². The van der Waals surface area contributed by atoms with Crippen LogP contribution in [0.5, 0.6) is 0 Å². The lowest BCUT2D eigenvalue weighted by molar-refractivity contribution is 0.0812. The third kappa shape index (κ3) is 4.90. The summed E-state index contributed by atoms with van der Waals surface area (Å²) >= 11 is 0. The molecule has 1 N–H and O–H groups in total. The highest BCUT2D eigenvalue weighted by atomic mass is 16.3. The first kappa shape index (κ1) is 14.4. The van der Waals surface area contributed by atoms with Crippen LogP contribution < -0.4 is 0 Å². The summed E-state index contributed by atoms with van der Waals surface area (Å²) in [5.41, 5.74) is 2.28. The first-order chi connectivity index (χ1) is 9.13. The van der Waals surface area contributed by atoms with Gasteiger partial charge in [0.25, 0.3) is 0 Å². The van der Waals surface area contributed by atoms with Crippen LogP contribution in [0.15, 0.2) is 18.2 Å². The number of nitrogens with zero attached hydrogens (tertiary/aromatic N) is 3. The van der Waals surface area contributed by atoms with Gasteiger partial charge in [-0.15, -0.1) is 0 Å². The Hall–Kier alpha value is -0.970. The molecule has 0 radical (unpaired) electrons. The lowest BCUT2D eigenvalue weighted by Crippen LogP contribution is -2.48. The standard InChI is InChI=1S/C15H25N3O/c1-13-4-3-5-15(16-13)6-7-17-8-10-18(11-9-17)12-14(2)19/h3-5,14,19H,6-12H2,1-2H3/t14-/m0/s1. The Labute approximate surface area is 116 Å². The third-order valence-corrected chi connectivity index (χ3v) is 3.62. The van der Waals surface area contributed by atoms with E-state index in [1.54, 1.807) is 0 Å². The summed E-state index contributed by atoms with van der Waals surface area (Å²) in [4.78, 5) is 9.37. The maximum absolute atomic E-state index is 9.39. The minimum atomic E-state index is -0.219. The van der Waals surface area contributed by atoms with Crippen molar-refractivity contribution in [3.8, 4) is 0 Å². The van der Waals surface area contributed by atoms with Crippen LogP contribution in [0.4, 0.5) is 0 Å². The van der Waals surface area contributed by atoms with E-state index in [4.69, 9.17) is 0 Å². The fraction of sp³-hybridized carbons (Fsp3) is 0.667. The summed E-state index contributed by atoms with van der Waals surface area (Å²) in [6.45, 7) is 10.1. The van der Waals surface area contributed by atoms with Gasteiger partial charge in [-0.2, -0.15) is 0 Å². The molecule has 19 heavy (non-hydrogen) atoms. The summed E-state index contributed by atoms with van der Waals surface area (Å²) < 4.78 is 0. The third-order valence-electron chi connectivity index (χ3n) is 3.62. The van der Waals surface area contributed by atoms with Crippen LogP contribution in [0.2, 0.25) is 0 Å². The van der Waals surface area contributed by atoms with Gasteiger partial charge in [0, 0.05) is 57.1 Å². The van der Waals surface area contributed by atoms with Crippen molar-refractivity contribution in [2.45, 2.75) is 26.4 Å². The number of aromatic nitrogens is 1. The highest BCUT2D eigenvalue weighted by Gasteiger charge is 2.17. The van der Waals surface area contributed by atoms with Crippen LogP contribution >= 0.6 is 0 Å². The Morgan fingerprint density at radius 2 is 1.89 bits per heavy atom. The molecule has 4 nitrogen and oxygen atoms in total. The Balaban J connectivity index is 1.71. The second-order valence-corrected chi connectivity index (χ2v) is 5.51. The summed E-state index contributed by atoms with van der Waals surface area (Å²) in [6, 6.07) is 6.23. The average Bonchev–Trinajstić information content (AvgIpc) is 2.37. The van der Waals surface area contributed by atoms with Crippen LogP contribution in [0.1, 0.15) is 18.3 Å². The molecule has 106 valence electrons. The molecule has 0 aliphatic carbocycles. The van der Waals surface area contributed by atoms with Gasteiger partial charge in [0.2, 0.25) is 0 Å². The van der Waals surface area contributed by atoms with Crippen LogP contribution in [-0.2, 0) is 6.42 Å². The van der Waals surface area contributed by atoms with E-state index < -0.39 is 0 Å². The molecule has 0 saturated carbocycles. The number of β-amino-alcohol motifs (C(OH)–C–C–N with tert-alkyl or cyclic N) is 1. The van der Waals surface area contributed by atoms with E-state index in [9.17, 15) is 5.11 Å². The molecule has 0 aromatic carbocycles. The number of rotatable bonds is 5. The van der Waals surface area contributed by atoms with Crippen molar-refractivity contribution in [2.24, 2.45) is 0 Å². The number of aryl methyl sites for hydroxylation is 1. The van der Waals surface area contributed by atoms with Crippen molar-refractivity contribution in [1.82, 2.24) is 14.8 Å². The summed E-state index contributed by atoms with van der Waals surface area (Å²) in [5.74, 6) is 0. The molecule has 2 rings (SSSR count). The predicted octanol–water partition coefficient (Wildman–Crippen LogP) is 0.931. The molecule has 4 heteroatoms. The van der Waals surface area contributed by atoms with Gasteiger partial charge in [0.1, 0.15) is 0 Å². The Kier molecular flexibility index (Phi) is 5.31. The Bertz CT molecular complexity index is 387. The molecule has 1 aromatic rings. The van der Waals surface area contributed by atoms with Crippen molar-refractivity contribution >= 4 is 0 Å². The van der Waals surface area contributed by atoms with Gasteiger partial charge in [-0.05, 0) is 26.0 Å². The molecule has 1 fully saturated rings. The van der Waals surface area contributed by atoms with Gasteiger partial charge in [-0.25, -0.2) is 0 Å². The molecule has 0 spiro atoms. The van der Waals surface area contributed by atoms with Gasteiger partial charge in [-0.3, -0.25) is 9.88 Å². The largest absolute Gasteiger partial charge is 0.392 e. The quantitative estimate of drug-likeness (QED) is 0.858. The molecule has 0 bridgehead atoms. The zero-order valence-corrected chi connectivity index (χ0v) is 12.0. The molecule has 1 aliphatic heterocycles. The average molecular weight is 263 g/mol. The summed E-state index contributed by atoms with van der Waals surface area (Å²) in [5, 5.41) is 9.39. The van der Waals surface area contributed by atoms with E-state index >= 15 is 0 Å². The van der Waals surface area contributed by atoms with Crippen LogP contribution in [0.3, 0.4) is 0 Å². The minimum Gasteiger partial charge on any atom is -0.392 e. The number of pyridine rings is 1. The number of hydrogen-bond acceptors (Lipinski definition) is 4. The smallest absolute Gasteiger partial charge is 0.0639 e. The number of aliphatic hydroxyl groups excluding tert-OH is 1. The zero-order valence-electron chi connectivity index (χ0n) is 12.0. The fourth-order valence-corrected chi connectivity index (χ4v) is 2.58. The maximum Gasteiger partial charge on any atom is 0.0639 e. The second kappa shape index (κ2) is 6.98. The zero-order chi connectivity index (χ0) is 13.7. The summed E-state index contributed by atoms with van der Waals surface area (Å²) in [6.07, 6.45) is 0.806. The number of aliphatic hydroxyl groups is 1. The molecular weight excluding hydrogens is 238 g/mol. The normalized spacial score (nSPS) is 19.5. The van der Waals surface area contributed by atoms with E-state index in [0.29, 0.717) is 0 Å². The van der Waals surface area contributed by atoms with Crippen molar-refractivity contribution in [3.63, 3.8) is 0 Å². The van der Waals surface area contributed by atoms with E-state index in [1.165, 1.54) is 5.69 Å². The van der Waals surface area contributed by atoms with Crippen molar-refractivity contribution < 1.29 is 5.11 Å². The molecule has 1 aliphatic rings. The van der Waals surface area contributed by atoms with Gasteiger partial charge in [-0.1, -0.05) is 6.07 Å².